The standard InChI is InChI=1S/C12H19NO7/c1-5-10(19-7(3)15)11(20-8(4)16)9(12(17)18-5)13-6(2)14/h5,9-12,17H,1-4H3,(H,13,14). The van der Waals surface area contributed by atoms with Crippen LogP contribution in [0.25, 0.3) is 0 Å². The van der Waals surface area contributed by atoms with Gasteiger partial charge in [0.15, 0.2) is 18.5 Å². The molecule has 1 aliphatic heterocycles. The first-order valence-corrected chi connectivity index (χ1v) is 6.17. The molecule has 0 aromatic rings. The topological polar surface area (TPSA) is 111 Å². The van der Waals surface area contributed by atoms with Crippen LogP contribution in [-0.2, 0) is 28.6 Å². The van der Waals surface area contributed by atoms with Crippen molar-refractivity contribution in [3.05, 3.63) is 0 Å². The maximum atomic E-state index is 11.2. The molecule has 0 bridgehead atoms. The van der Waals surface area contributed by atoms with Crippen molar-refractivity contribution in [1.82, 2.24) is 5.32 Å². The molecule has 114 valence electrons. The van der Waals surface area contributed by atoms with Gasteiger partial charge in [0, 0.05) is 20.8 Å². The van der Waals surface area contributed by atoms with Gasteiger partial charge in [0.1, 0.15) is 6.04 Å². The van der Waals surface area contributed by atoms with Crippen LogP contribution in [0, 0.1) is 0 Å². The van der Waals surface area contributed by atoms with E-state index in [2.05, 4.69) is 5.32 Å². The molecule has 1 aliphatic rings. The van der Waals surface area contributed by atoms with Gasteiger partial charge in [-0.05, 0) is 6.92 Å². The van der Waals surface area contributed by atoms with Crippen molar-refractivity contribution >= 4 is 17.8 Å². The Bertz CT molecular complexity index is 369. The lowest BCUT2D eigenvalue weighted by molar-refractivity contribution is -0.253. The monoisotopic (exact) mass is 289 g/mol. The number of ether oxygens (including phenoxy) is 3. The minimum atomic E-state index is -1.37. The maximum Gasteiger partial charge on any atom is 0.303 e. The normalized spacial score (nSPS) is 33.1. The summed E-state index contributed by atoms with van der Waals surface area (Å²) in [5.41, 5.74) is 0. The minimum Gasteiger partial charge on any atom is -0.456 e. The van der Waals surface area contributed by atoms with Crippen molar-refractivity contribution in [2.24, 2.45) is 0 Å². The number of carbonyl (C=O) groups excluding carboxylic acids is 3. The number of rotatable bonds is 3. The number of aliphatic hydroxyl groups is 1. The molecular weight excluding hydrogens is 270 g/mol. The van der Waals surface area contributed by atoms with Crippen LogP contribution in [0.4, 0.5) is 0 Å². The molecule has 1 heterocycles. The largest absolute Gasteiger partial charge is 0.456 e. The molecule has 1 rings (SSSR count). The number of hydrogen-bond donors (Lipinski definition) is 2. The first-order valence-electron chi connectivity index (χ1n) is 6.17. The van der Waals surface area contributed by atoms with Crippen LogP contribution in [-0.4, -0.2) is 53.6 Å². The zero-order valence-electron chi connectivity index (χ0n) is 11.8. The fourth-order valence-corrected chi connectivity index (χ4v) is 2.09. The van der Waals surface area contributed by atoms with E-state index < -0.39 is 48.5 Å². The van der Waals surface area contributed by atoms with Gasteiger partial charge in [0.2, 0.25) is 5.91 Å². The third-order valence-electron chi connectivity index (χ3n) is 2.78. The molecule has 8 heteroatoms. The number of aliphatic hydroxyl groups excluding tert-OH is 1. The molecule has 0 saturated carbocycles. The highest BCUT2D eigenvalue weighted by atomic mass is 16.7. The van der Waals surface area contributed by atoms with Crippen LogP contribution < -0.4 is 5.32 Å². The second kappa shape index (κ2) is 6.67. The Morgan fingerprint density at radius 2 is 1.55 bits per heavy atom. The Balaban J connectivity index is 3.01. The summed E-state index contributed by atoms with van der Waals surface area (Å²) in [6.45, 7) is 5.20. The highest BCUT2D eigenvalue weighted by molar-refractivity contribution is 5.73. The van der Waals surface area contributed by atoms with Gasteiger partial charge in [0.05, 0.1) is 6.10 Å². The van der Waals surface area contributed by atoms with E-state index in [0.29, 0.717) is 0 Å². The van der Waals surface area contributed by atoms with E-state index in [1.807, 2.05) is 0 Å². The van der Waals surface area contributed by atoms with Gasteiger partial charge >= 0.3 is 11.9 Å². The van der Waals surface area contributed by atoms with Crippen LogP contribution in [0.15, 0.2) is 0 Å². The third-order valence-corrected chi connectivity index (χ3v) is 2.78. The molecule has 1 saturated heterocycles. The van der Waals surface area contributed by atoms with E-state index in [1.54, 1.807) is 6.92 Å². The molecule has 0 spiro atoms. The van der Waals surface area contributed by atoms with Gasteiger partial charge in [-0.3, -0.25) is 14.4 Å². The Morgan fingerprint density at radius 1 is 1.05 bits per heavy atom. The van der Waals surface area contributed by atoms with E-state index in [-0.39, 0.29) is 0 Å². The summed E-state index contributed by atoms with van der Waals surface area (Å²) >= 11 is 0. The van der Waals surface area contributed by atoms with Gasteiger partial charge in [0.25, 0.3) is 0 Å². The molecule has 0 aliphatic carbocycles. The summed E-state index contributed by atoms with van der Waals surface area (Å²) in [6, 6.07) is -1.02. The molecule has 0 aromatic heterocycles. The first-order chi connectivity index (χ1) is 9.22. The van der Waals surface area contributed by atoms with Crippen LogP contribution in [0.2, 0.25) is 0 Å². The molecule has 8 nitrogen and oxygen atoms in total. The van der Waals surface area contributed by atoms with Gasteiger partial charge in [-0.1, -0.05) is 0 Å². The highest BCUT2D eigenvalue weighted by Crippen LogP contribution is 2.25. The predicted molar refractivity (Wildman–Crippen MR) is 65.3 cm³/mol. The summed E-state index contributed by atoms with van der Waals surface area (Å²) < 4.78 is 15.4. The number of carbonyl (C=O) groups is 3. The minimum absolute atomic E-state index is 0.439. The van der Waals surface area contributed by atoms with E-state index >= 15 is 0 Å². The predicted octanol–water partition coefficient (Wildman–Crippen LogP) is -0.908. The fourth-order valence-electron chi connectivity index (χ4n) is 2.09. The molecule has 1 fully saturated rings. The summed E-state index contributed by atoms with van der Waals surface area (Å²) in [5, 5.41) is 12.3. The molecule has 5 unspecified atom stereocenters. The quantitative estimate of drug-likeness (QED) is 0.647. The Hall–Kier alpha value is -1.67. The van der Waals surface area contributed by atoms with Gasteiger partial charge in [-0.2, -0.15) is 0 Å². The zero-order chi connectivity index (χ0) is 15.4. The second-order valence-electron chi connectivity index (χ2n) is 4.61. The average Bonchev–Trinajstić information content (AvgIpc) is 2.27. The summed E-state index contributed by atoms with van der Waals surface area (Å²) in [5.74, 6) is -1.64. The van der Waals surface area contributed by atoms with E-state index in [0.717, 1.165) is 0 Å². The zero-order valence-corrected chi connectivity index (χ0v) is 11.8. The van der Waals surface area contributed by atoms with E-state index in [4.69, 9.17) is 14.2 Å². The second-order valence-corrected chi connectivity index (χ2v) is 4.61. The number of nitrogens with one attached hydrogen (secondary N) is 1. The van der Waals surface area contributed by atoms with Crippen molar-refractivity contribution in [2.45, 2.75) is 58.3 Å². The number of hydrogen-bond acceptors (Lipinski definition) is 7. The Kier molecular flexibility index (Phi) is 5.46. The summed E-state index contributed by atoms with van der Waals surface area (Å²) in [7, 11) is 0. The van der Waals surface area contributed by atoms with Crippen molar-refractivity contribution in [3.8, 4) is 0 Å². The fraction of sp³-hybridized carbons (Fsp3) is 0.750. The van der Waals surface area contributed by atoms with Crippen molar-refractivity contribution in [1.29, 1.82) is 0 Å². The van der Waals surface area contributed by atoms with Gasteiger partial charge < -0.3 is 24.6 Å². The SMILES string of the molecule is CC(=O)NC1C(O)OC(C)C(OC(C)=O)C1OC(C)=O. The van der Waals surface area contributed by atoms with Crippen LogP contribution >= 0.6 is 0 Å². The van der Waals surface area contributed by atoms with Crippen LogP contribution in [0.5, 0.6) is 0 Å². The Morgan fingerprint density at radius 3 is 2.00 bits per heavy atom. The van der Waals surface area contributed by atoms with E-state index in [1.165, 1.54) is 20.8 Å². The molecular formula is C12H19NO7. The molecule has 1 amide bonds. The van der Waals surface area contributed by atoms with Crippen molar-refractivity contribution in [3.63, 3.8) is 0 Å². The lowest BCUT2D eigenvalue weighted by Crippen LogP contribution is -2.64. The van der Waals surface area contributed by atoms with Crippen LogP contribution in [0.1, 0.15) is 27.7 Å². The lowest BCUT2D eigenvalue weighted by Gasteiger charge is -2.42. The molecule has 0 radical (unpaired) electrons. The van der Waals surface area contributed by atoms with E-state index in [9.17, 15) is 19.5 Å². The summed E-state index contributed by atoms with van der Waals surface area (Å²) in [4.78, 5) is 33.5. The first kappa shape index (κ1) is 16.4. The highest BCUT2D eigenvalue weighted by Gasteiger charge is 2.48. The molecule has 5 atom stereocenters. The van der Waals surface area contributed by atoms with Gasteiger partial charge in [-0.25, -0.2) is 0 Å². The molecule has 0 aromatic carbocycles. The third kappa shape index (κ3) is 4.17. The molecule has 20 heavy (non-hydrogen) atoms. The summed E-state index contributed by atoms with van der Waals surface area (Å²) in [6.07, 6.45) is -4.01. The average molecular weight is 289 g/mol. The lowest BCUT2D eigenvalue weighted by atomic mass is 9.97. The van der Waals surface area contributed by atoms with Crippen molar-refractivity contribution in [2.75, 3.05) is 0 Å². The number of amides is 1. The smallest absolute Gasteiger partial charge is 0.303 e. The van der Waals surface area contributed by atoms with Crippen molar-refractivity contribution < 1.29 is 33.7 Å². The maximum absolute atomic E-state index is 11.2. The Labute approximate surface area is 116 Å². The van der Waals surface area contributed by atoms with Crippen LogP contribution in [0.3, 0.4) is 0 Å². The number of esters is 2. The molecule has 2 N–H and O–H groups in total. The van der Waals surface area contributed by atoms with Gasteiger partial charge in [-0.15, -0.1) is 0 Å².